The van der Waals surface area contributed by atoms with Crippen LogP contribution < -0.4 is 11.5 Å². The minimum Gasteiger partial charge on any atom is -0.368 e. The molecular formula is C12H23N5O. The second-order valence-electron chi connectivity index (χ2n) is 4.50. The predicted octanol–water partition coefficient (Wildman–Crippen LogP) is 0.776. The number of nitrogens with two attached hydrogens (primary N) is 2. The van der Waals surface area contributed by atoms with Gasteiger partial charge in [-0.3, -0.25) is 4.79 Å². The highest BCUT2D eigenvalue weighted by molar-refractivity contribution is 5.78. The normalized spacial score (nSPS) is 12.6. The molecule has 0 saturated heterocycles. The van der Waals surface area contributed by atoms with Gasteiger partial charge < -0.3 is 11.5 Å². The number of unbranched alkanes of at least 4 members (excludes halogenated alkanes) is 2. The van der Waals surface area contributed by atoms with Crippen molar-refractivity contribution in [1.82, 2.24) is 15.0 Å². The Kier molecular flexibility index (Phi) is 6.35. The Morgan fingerprint density at radius 2 is 2.22 bits per heavy atom. The van der Waals surface area contributed by atoms with Crippen LogP contribution in [0.25, 0.3) is 0 Å². The molecule has 1 rings (SSSR count). The van der Waals surface area contributed by atoms with E-state index in [9.17, 15) is 4.79 Å². The second kappa shape index (κ2) is 7.81. The van der Waals surface area contributed by atoms with E-state index in [0.717, 1.165) is 37.8 Å². The molecule has 1 aromatic heterocycles. The van der Waals surface area contributed by atoms with E-state index in [2.05, 4.69) is 17.2 Å². The molecule has 1 heterocycles. The van der Waals surface area contributed by atoms with Gasteiger partial charge in [-0.05, 0) is 38.6 Å². The molecule has 0 radical (unpaired) electrons. The number of rotatable bonds is 9. The summed E-state index contributed by atoms with van der Waals surface area (Å²) in [5.74, 6) is -0.362. The number of carbonyl (C=O) groups excluding carboxylic acids is 1. The maximum absolute atomic E-state index is 11.4. The molecule has 0 aliphatic carbocycles. The Morgan fingerprint density at radius 1 is 1.44 bits per heavy atom. The molecule has 4 N–H and O–H groups in total. The average Bonchev–Trinajstić information content (AvgIpc) is 2.80. The Morgan fingerprint density at radius 3 is 2.83 bits per heavy atom. The number of aryl methyl sites for hydroxylation is 1. The lowest BCUT2D eigenvalue weighted by Gasteiger charge is -2.12. The highest BCUT2D eigenvalue weighted by Crippen LogP contribution is 2.14. The quantitative estimate of drug-likeness (QED) is 0.635. The summed E-state index contributed by atoms with van der Waals surface area (Å²) >= 11 is 0. The summed E-state index contributed by atoms with van der Waals surface area (Å²) in [6, 6.07) is -0.403. The first-order chi connectivity index (χ1) is 8.69. The molecule has 6 nitrogen and oxygen atoms in total. The summed E-state index contributed by atoms with van der Waals surface area (Å²) in [5.41, 5.74) is 11.8. The third-order valence-electron chi connectivity index (χ3n) is 2.92. The number of nitrogens with zero attached hydrogens (tertiary/aromatic N) is 3. The van der Waals surface area contributed by atoms with Crippen LogP contribution in [0.2, 0.25) is 0 Å². The van der Waals surface area contributed by atoms with Crippen LogP contribution in [-0.4, -0.2) is 27.4 Å². The molecule has 0 spiro atoms. The van der Waals surface area contributed by atoms with Crippen molar-refractivity contribution in [3.63, 3.8) is 0 Å². The fourth-order valence-corrected chi connectivity index (χ4v) is 1.83. The molecule has 1 aromatic rings. The van der Waals surface area contributed by atoms with Crippen LogP contribution in [0.15, 0.2) is 6.20 Å². The van der Waals surface area contributed by atoms with Gasteiger partial charge in [0, 0.05) is 6.20 Å². The first kappa shape index (κ1) is 14.6. The highest BCUT2D eigenvalue weighted by Gasteiger charge is 2.18. The topological polar surface area (TPSA) is 99.8 Å². The van der Waals surface area contributed by atoms with Crippen LogP contribution in [0.3, 0.4) is 0 Å². The van der Waals surface area contributed by atoms with E-state index in [-0.39, 0.29) is 5.91 Å². The van der Waals surface area contributed by atoms with Gasteiger partial charge in [-0.15, -0.1) is 5.10 Å². The summed E-state index contributed by atoms with van der Waals surface area (Å²) in [6.45, 7) is 2.76. The van der Waals surface area contributed by atoms with Crippen LogP contribution in [0.1, 0.15) is 50.8 Å². The number of aromatic nitrogens is 3. The Balaban J connectivity index is 2.61. The average molecular weight is 253 g/mol. The van der Waals surface area contributed by atoms with Crippen LogP contribution in [0, 0.1) is 0 Å². The summed E-state index contributed by atoms with van der Waals surface area (Å²) in [7, 11) is 0. The van der Waals surface area contributed by atoms with Gasteiger partial charge in [0.05, 0.1) is 5.69 Å². The number of primary amides is 1. The third-order valence-corrected chi connectivity index (χ3v) is 2.92. The zero-order valence-electron chi connectivity index (χ0n) is 11.0. The maximum atomic E-state index is 11.4. The lowest BCUT2D eigenvalue weighted by atomic mass is 10.1. The lowest BCUT2D eigenvalue weighted by molar-refractivity contribution is -0.121. The van der Waals surface area contributed by atoms with Gasteiger partial charge in [-0.1, -0.05) is 18.6 Å². The van der Waals surface area contributed by atoms with Crippen LogP contribution >= 0.6 is 0 Å². The molecule has 1 atom stereocenters. The van der Waals surface area contributed by atoms with E-state index in [1.165, 1.54) is 0 Å². The van der Waals surface area contributed by atoms with Gasteiger partial charge in [-0.25, -0.2) is 4.68 Å². The number of hydrogen-bond donors (Lipinski definition) is 2. The Bertz CT molecular complexity index is 363. The highest BCUT2D eigenvalue weighted by atomic mass is 16.1. The summed E-state index contributed by atoms with van der Waals surface area (Å²) in [5, 5.41) is 8.07. The van der Waals surface area contributed by atoms with Gasteiger partial charge in [-0.2, -0.15) is 0 Å². The number of hydrogen-bond acceptors (Lipinski definition) is 4. The summed E-state index contributed by atoms with van der Waals surface area (Å²) < 4.78 is 1.59. The zero-order chi connectivity index (χ0) is 13.4. The number of amides is 1. The Labute approximate surface area is 108 Å². The van der Waals surface area contributed by atoms with E-state index in [4.69, 9.17) is 11.5 Å². The fraction of sp³-hybridized carbons (Fsp3) is 0.750. The van der Waals surface area contributed by atoms with Gasteiger partial charge in [0.2, 0.25) is 5.91 Å². The minimum atomic E-state index is -0.403. The van der Waals surface area contributed by atoms with Gasteiger partial charge in [0.25, 0.3) is 0 Å². The van der Waals surface area contributed by atoms with Crippen LogP contribution in [0.5, 0.6) is 0 Å². The summed E-state index contributed by atoms with van der Waals surface area (Å²) in [6.07, 6.45) is 7.34. The molecule has 102 valence electrons. The molecule has 1 amide bonds. The fourth-order valence-electron chi connectivity index (χ4n) is 1.83. The molecule has 6 heteroatoms. The molecule has 0 bridgehead atoms. The minimum absolute atomic E-state index is 0.362. The molecule has 18 heavy (non-hydrogen) atoms. The predicted molar refractivity (Wildman–Crippen MR) is 69.8 cm³/mol. The van der Waals surface area contributed by atoms with E-state index < -0.39 is 6.04 Å². The van der Waals surface area contributed by atoms with Crippen molar-refractivity contribution in [2.45, 2.75) is 51.5 Å². The molecule has 0 fully saturated rings. The molecular weight excluding hydrogens is 230 g/mol. The van der Waals surface area contributed by atoms with E-state index >= 15 is 0 Å². The van der Waals surface area contributed by atoms with Crippen molar-refractivity contribution in [2.24, 2.45) is 11.5 Å². The summed E-state index contributed by atoms with van der Waals surface area (Å²) in [4.78, 5) is 11.4. The molecule has 0 aliphatic heterocycles. The van der Waals surface area contributed by atoms with Crippen LogP contribution in [0.4, 0.5) is 0 Å². The smallest absolute Gasteiger partial charge is 0.242 e. The van der Waals surface area contributed by atoms with Crippen molar-refractivity contribution >= 4 is 5.91 Å². The number of carbonyl (C=O) groups is 1. The van der Waals surface area contributed by atoms with Crippen molar-refractivity contribution in [2.75, 3.05) is 6.54 Å². The SMILES string of the molecule is CCCCc1cn(C(CCCCN)C(N)=O)nn1. The van der Waals surface area contributed by atoms with Crippen molar-refractivity contribution in [1.29, 1.82) is 0 Å². The second-order valence-corrected chi connectivity index (χ2v) is 4.50. The first-order valence-corrected chi connectivity index (χ1v) is 6.59. The van der Waals surface area contributed by atoms with Gasteiger partial charge in [0.15, 0.2) is 0 Å². The maximum Gasteiger partial charge on any atom is 0.242 e. The zero-order valence-corrected chi connectivity index (χ0v) is 11.0. The van der Waals surface area contributed by atoms with Crippen molar-refractivity contribution in [3.05, 3.63) is 11.9 Å². The molecule has 0 aromatic carbocycles. The monoisotopic (exact) mass is 253 g/mol. The molecule has 0 aliphatic rings. The van der Waals surface area contributed by atoms with Crippen molar-refractivity contribution in [3.8, 4) is 0 Å². The van der Waals surface area contributed by atoms with Crippen LogP contribution in [-0.2, 0) is 11.2 Å². The molecule has 1 unspecified atom stereocenters. The molecule has 0 saturated carbocycles. The standard InChI is InChI=1S/C12H23N5O/c1-2-3-6-10-9-17(16-15-10)11(12(14)18)7-4-5-8-13/h9,11H,2-8,13H2,1H3,(H2,14,18). The Hall–Kier alpha value is -1.43. The van der Waals surface area contributed by atoms with E-state index in [1.807, 2.05) is 6.20 Å². The van der Waals surface area contributed by atoms with Crippen molar-refractivity contribution < 1.29 is 4.79 Å². The van der Waals surface area contributed by atoms with E-state index in [0.29, 0.717) is 13.0 Å². The first-order valence-electron chi connectivity index (χ1n) is 6.59. The largest absolute Gasteiger partial charge is 0.368 e. The lowest BCUT2D eigenvalue weighted by Crippen LogP contribution is -2.27. The van der Waals surface area contributed by atoms with Gasteiger partial charge in [0.1, 0.15) is 6.04 Å². The van der Waals surface area contributed by atoms with E-state index in [1.54, 1.807) is 4.68 Å². The van der Waals surface area contributed by atoms with Gasteiger partial charge >= 0.3 is 0 Å². The third kappa shape index (κ3) is 4.44.